The van der Waals surface area contributed by atoms with Gasteiger partial charge in [0.2, 0.25) is 5.95 Å². The molecule has 3 aromatic rings. The van der Waals surface area contributed by atoms with Crippen molar-refractivity contribution in [3.63, 3.8) is 0 Å². The topological polar surface area (TPSA) is 49.8 Å². The zero-order valence-corrected chi connectivity index (χ0v) is 13.3. The summed E-state index contributed by atoms with van der Waals surface area (Å²) in [6, 6.07) is 12.4. The number of hydrogen-bond donors (Lipinski definition) is 2. The third-order valence-corrected chi connectivity index (χ3v) is 3.42. The van der Waals surface area contributed by atoms with E-state index in [0.717, 1.165) is 16.2 Å². The van der Waals surface area contributed by atoms with E-state index in [2.05, 4.69) is 36.5 Å². The van der Waals surface area contributed by atoms with Gasteiger partial charge in [0.15, 0.2) is 0 Å². The number of anilines is 4. The number of nitrogens with one attached hydrogen (secondary N) is 2. The van der Waals surface area contributed by atoms with E-state index in [1.165, 1.54) is 18.3 Å². The zero-order valence-electron chi connectivity index (χ0n) is 11.7. The summed E-state index contributed by atoms with van der Waals surface area (Å²) in [4.78, 5) is 8.36. The van der Waals surface area contributed by atoms with Crippen LogP contribution in [0.15, 0.2) is 59.2 Å². The fourth-order valence-electron chi connectivity index (χ4n) is 1.91. The summed E-state index contributed by atoms with van der Waals surface area (Å²) in [5.74, 6) is -0.573. The largest absolute Gasteiger partial charge is 0.338 e. The summed E-state index contributed by atoms with van der Waals surface area (Å²) in [6.07, 6.45) is 1.54. The Kier molecular flexibility index (Phi) is 4.47. The first-order chi connectivity index (χ1) is 11.1. The van der Waals surface area contributed by atoms with Gasteiger partial charge < -0.3 is 10.6 Å². The van der Waals surface area contributed by atoms with Crippen molar-refractivity contribution in [2.75, 3.05) is 10.6 Å². The van der Waals surface area contributed by atoms with Crippen LogP contribution >= 0.6 is 15.9 Å². The third kappa shape index (κ3) is 4.01. The lowest BCUT2D eigenvalue weighted by molar-refractivity contribution is 0.586. The Balaban J connectivity index is 1.79. The number of hydrogen-bond acceptors (Lipinski definition) is 4. The summed E-state index contributed by atoms with van der Waals surface area (Å²) < 4.78 is 27.5. The quantitative estimate of drug-likeness (QED) is 0.672. The number of rotatable bonds is 4. The monoisotopic (exact) mass is 376 g/mol. The lowest BCUT2D eigenvalue weighted by atomic mass is 10.3. The molecule has 0 spiro atoms. The fourth-order valence-corrected chi connectivity index (χ4v) is 2.31. The number of benzene rings is 2. The van der Waals surface area contributed by atoms with E-state index in [1.807, 2.05) is 24.3 Å². The van der Waals surface area contributed by atoms with E-state index in [1.54, 1.807) is 6.07 Å². The maximum absolute atomic E-state index is 13.7. The molecule has 0 aliphatic heterocycles. The van der Waals surface area contributed by atoms with Gasteiger partial charge in [-0.15, -0.1) is 0 Å². The Labute approximate surface area is 139 Å². The summed E-state index contributed by atoms with van der Waals surface area (Å²) in [7, 11) is 0. The van der Waals surface area contributed by atoms with Gasteiger partial charge in [-0.3, -0.25) is 0 Å². The zero-order chi connectivity index (χ0) is 16.2. The molecule has 0 aliphatic carbocycles. The molecular weight excluding hydrogens is 366 g/mol. The molecule has 0 aliphatic rings. The summed E-state index contributed by atoms with van der Waals surface area (Å²) in [5, 5.41) is 5.84. The van der Waals surface area contributed by atoms with Gasteiger partial charge in [0.25, 0.3) is 0 Å². The van der Waals surface area contributed by atoms with Crippen LogP contribution in [0.3, 0.4) is 0 Å². The number of nitrogens with zero attached hydrogens (tertiary/aromatic N) is 2. The van der Waals surface area contributed by atoms with Crippen molar-refractivity contribution in [2.45, 2.75) is 0 Å². The van der Waals surface area contributed by atoms with Crippen LogP contribution < -0.4 is 10.6 Å². The highest BCUT2D eigenvalue weighted by molar-refractivity contribution is 9.10. The second-order valence-corrected chi connectivity index (χ2v) is 5.57. The van der Waals surface area contributed by atoms with Crippen LogP contribution in [0.2, 0.25) is 0 Å². The van der Waals surface area contributed by atoms with Gasteiger partial charge in [-0.25, -0.2) is 13.8 Å². The van der Waals surface area contributed by atoms with E-state index >= 15 is 0 Å². The molecule has 116 valence electrons. The molecule has 0 saturated heterocycles. The van der Waals surface area contributed by atoms with Gasteiger partial charge in [0, 0.05) is 22.4 Å². The summed E-state index contributed by atoms with van der Waals surface area (Å²) >= 11 is 3.38. The molecule has 3 rings (SSSR count). The first-order valence-electron chi connectivity index (χ1n) is 6.68. The minimum atomic E-state index is -0.690. The van der Waals surface area contributed by atoms with Gasteiger partial charge in [-0.1, -0.05) is 22.0 Å². The summed E-state index contributed by atoms with van der Waals surface area (Å²) in [5.41, 5.74) is 0.947. The molecule has 1 aromatic heterocycles. The highest BCUT2D eigenvalue weighted by Crippen LogP contribution is 2.22. The standard InChI is InChI=1S/C16H11BrF2N4/c17-10-2-1-3-12(8-10)21-16-20-7-6-15(23-16)22-14-5-4-11(18)9-13(14)19/h1-9H,(H2,20,21,22,23). The molecule has 23 heavy (non-hydrogen) atoms. The van der Waals surface area contributed by atoms with Crippen LogP contribution in [-0.4, -0.2) is 9.97 Å². The average Bonchev–Trinajstić information content (AvgIpc) is 2.51. The molecule has 1 heterocycles. The Morgan fingerprint density at radius 1 is 0.957 bits per heavy atom. The molecule has 0 unspecified atom stereocenters. The Hall–Kier alpha value is -2.54. The molecule has 0 amide bonds. The van der Waals surface area contributed by atoms with Crippen molar-refractivity contribution in [1.29, 1.82) is 0 Å². The third-order valence-electron chi connectivity index (χ3n) is 2.93. The highest BCUT2D eigenvalue weighted by atomic mass is 79.9. The van der Waals surface area contributed by atoms with Crippen molar-refractivity contribution in [2.24, 2.45) is 0 Å². The minimum Gasteiger partial charge on any atom is -0.338 e. The number of halogens is 3. The lowest BCUT2D eigenvalue weighted by Gasteiger charge is -2.09. The van der Waals surface area contributed by atoms with Crippen LogP contribution in [0.4, 0.5) is 31.9 Å². The van der Waals surface area contributed by atoms with Gasteiger partial charge >= 0.3 is 0 Å². The van der Waals surface area contributed by atoms with Crippen LogP contribution in [0, 0.1) is 11.6 Å². The van der Waals surface area contributed by atoms with Crippen LogP contribution in [0.1, 0.15) is 0 Å². The highest BCUT2D eigenvalue weighted by Gasteiger charge is 2.06. The van der Waals surface area contributed by atoms with E-state index in [-0.39, 0.29) is 5.69 Å². The molecule has 0 bridgehead atoms. The van der Waals surface area contributed by atoms with Crippen molar-refractivity contribution < 1.29 is 8.78 Å². The molecule has 2 aromatic carbocycles. The lowest BCUT2D eigenvalue weighted by Crippen LogP contribution is -2.01. The summed E-state index contributed by atoms with van der Waals surface area (Å²) in [6.45, 7) is 0. The van der Waals surface area contributed by atoms with Gasteiger partial charge in [0.05, 0.1) is 5.69 Å². The normalized spacial score (nSPS) is 10.4. The maximum Gasteiger partial charge on any atom is 0.229 e. The smallest absolute Gasteiger partial charge is 0.229 e. The van der Waals surface area contributed by atoms with Gasteiger partial charge in [-0.2, -0.15) is 4.98 Å². The van der Waals surface area contributed by atoms with Crippen LogP contribution in [0.25, 0.3) is 0 Å². The van der Waals surface area contributed by atoms with Crippen LogP contribution in [-0.2, 0) is 0 Å². The predicted molar refractivity (Wildman–Crippen MR) is 89.1 cm³/mol. The maximum atomic E-state index is 13.7. The van der Waals surface area contributed by atoms with Gasteiger partial charge in [-0.05, 0) is 36.4 Å². The fraction of sp³-hybridized carbons (Fsp3) is 0. The van der Waals surface area contributed by atoms with Gasteiger partial charge in [0.1, 0.15) is 17.5 Å². The van der Waals surface area contributed by atoms with E-state index in [0.29, 0.717) is 11.8 Å². The van der Waals surface area contributed by atoms with Crippen molar-refractivity contribution in [1.82, 2.24) is 9.97 Å². The second-order valence-electron chi connectivity index (χ2n) is 4.65. The number of aromatic nitrogens is 2. The Bertz CT molecular complexity index is 842. The SMILES string of the molecule is Fc1ccc(Nc2ccnc(Nc3cccc(Br)c3)n2)c(F)c1. The molecule has 2 N–H and O–H groups in total. The Morgan fingerprint density at radius 2 is 1.83 bits per heavy atom. The van der Waals surface area contributed by atoms with Crippen LogP contribution in [0.5, 0.6) is 0 Å². The van der Waals surface area contributed by atoms with E-state index < -0.39 is 11.6 Å². The molecule has 0 atom stereocenters. The minimum absolute atomic E-state index is 0.138. The first kappa shape index (κ1) is 15.4. The Morgan fingerprint density at radius 3 is 2.61 bits per heavy atom. The average molecular weight is 377 g/mol. The van der Waals surface area contributed by atoms with E-state index in [4.69, 9.17) is 0 Å². The second kappa shape index (κ2) is 6.70. The molecule has 0 fully saturated rings. The first-order valence-corrected chi connectivity index (χ1v) is 7.47. The molecular formula is C16H11BrF2N4. The van der Waals surface area contributed by atoms with E-state index in [9.17, 15) is 8.78 Å². The molecule has 7 heteroatoms. The van der Waals surface area contributed by atoms with Crippen molar-refractivity contribution >= 4 is 39.1 Å². The molecule has 4 nitrogen and oxygen atoms in total. The van der Waals surface area contributed by atoms with Crippen molar-refractivity contribution in [3.05, 3.63) is 70.8 Å². The van der Waals surface area contributed by atoms with Crippen molar-refractivity contribution in [3.8, 4) is 0 Å². The predicted octanol–water partition coefficient (Wildman–Crippen LogP) is 5.00. The molecule has 0 radical (unpaired) electrons. The molecule has 0 saturated carbocycles.